The van der Waals surface area contributed by atoms with Gasteiger partial charge in [-0.15, -0.1) is 0 Å². The molecule has 1 nitrogen and oxygen atoms in total. The van der Waals surface area contributed by atoms with Gasteiger partial charge in [-0.2, -0.15) is 11.8 Å². The van der Waals surface area contributed by atoms with Gasteiger partial charge in [0.25, 0.3) is 0 Å². The van der Waals surface area contributed by atoms with Gasteiger partial charge in [-0.3, -0.25) is 0 Å². The maximum atomic E-state index is 3.60. The zero-order valence-corrected chi connectivity index (χ0v) is 10.8. The minimum atomic E-state index is 0.830. The molecule has 2 fully saturated rings. The van der Waals surface area contributed by atoms with Crippen LogP contribution in [0, 0.1) is 0 Å². The average molecular weight is 227 g/mol. The van der Waals surface area contributed by atoms with Gasteiger partial charge < -0.3 is 5.32 Å². The fourth-order valence-corrected chi connectivity index (χ4v) is 4.78. The maximum absolute atomic E-state index is 3.60. The smallest absolute Gasteiger partial charge is 0.00778 e. The molecular formula is C13H25NS. The second-order valence-corrected chi connectivity index (χ2v) is 6.69. The molecule has 15 heavy (non-hydrogen) atoms. The van der Waals surface area contributed by atoms with Gasteiger partial charge in [-0.1, -0.05) is 26.2 Å². The minimum absolute atomic E-state index is 0.830. The molecule has 2 aliphatic rings. The van der Waals surface area contributed by atoms with Gasteiger partial charge in [-0.05, 0) is 38.6 Å². The molecule has 0 aliphatic heterocycles. The van der Waals surface area contributed by atoms with Crippen LogP contribution in [0.1, 0.15) is 58.3 Å². The molecule has 0 aromatic carbocycles. The van der Waals surface area contributed by atoms with Crippen molar-refractivity contribution in [1.82, 2.24) is 5.32 Å². The summed E-state index contributed by atoms with van der Waals surface area (Å²) >= 11 is 2.32. The number of thioether (sulfide) groups is 1. The number of rotatable bonds is 4. The number of hydrogen-bond acceptors (Lipinski definition) is 2. The molecule has 0 radical (unpaired) electrons. The summed E-state index contributed by atoms with van der Waals surface area (Å²) in [7, 11) is 0. The fourth-order valence-electron chi connectivity index (χ4n) is 3.01. The molecule has 0 spiro atoms. The molecule has 2 rings (SSSR count). The first-order chi connectivity index (χ1) is 7.38. The molecule has 0 bridgehead atoms. The Morgan fingerprint density at radius 2 is 1.80 bits per heavy atom. The first-order valence-corrected chi connectivity index (χ1v) is 7.71. The Kier molecular flexibility index (Phi) is 4.83. The first-order valence-electron chi connectivity index (χ1n) is 6.77. The van der Waals surface area contributed by atoms with E-state index in [2.05, 4.69) is 24.0 Å². The van der Waals surface area contributed by atoms with Crippen LogP contribution in [0.3, 0.4) is 0 Å². The van der Waals surface area contributed by atoms with Gasteiger partial charge in [0.15, 0.2) is 0 Å². The van der Waals surface area contributed by atoms with E-state index in [-0.39, 0.29) is 0 Å². The van der Waals surface area contributed by atoms with E-state index in [1.807, 2.05) is 0 Å². The second kappa shape index (κ2) is 6.15. The van der Waals surface area contributed by atoms with Crippen molar-refractivity contribution in [3.05, 3.63) is 0 Å². The Hall–Kier alpha value is 0.310. The third-order valence-corrected chi connectivity index (χ3v) is 5.48. The Bertz CT molecular complexity index is 177. The second-order valence-electron chi connectivity index (χ2n) is 5.09. The largest absolute Gasteiger partial charge is 0.314 e. The van der Waals surface area contributed by atoms with Crippen LogP contribution >= 0.6 is 11.8 Å². The number of hydrogen-bond donors (Lipinski definition) is 1. The van der Waals surface area contributed by atoms with Crippen LogP contribution in [0.5, 0.6) is 0 Å². The van der Waals surface area contributed by atoms with Crippen molar-refractivity contribution in [2.24, 2.45) is 0 Å². The molecule has 88 valence electrons. The molecule has 2 saturated carbocycles. The highest BCUT2D eigenvalue weighted by Gasteiger charge is 2.27. The van der Waals surface area contributed by atoms with Crippen molar-refractivity contribution in [2.75, 3.05) is 6.54 Å². The van der Waals surface area contributed by atoms with E-state index in [9.17, 15) is 0 Å². The first kappa shape index (κ1) is 11.8. The zero-order chi connectivity index (χ0) is 10.5. The van der Waals surface area contributed by atoms with Gasteiger partial charge in [0.2, 0.25) is 0 Å². The molecule has 2 aliphatic carbocycles. The lowest BCUT2D eigenvalue weighted by Gasteiger charge is -2.24. The van der Waals surface area contributed by atoms with Gasteiger partial charge in [0.1, 0.15) is 0 Å². The lowest BCUT2D eigenvalue weighted by molar-refractivity contribution is 0.513. The summed E-state index contributed by atoms with van der Waals surface area (Å²) in [6, 6.07) is 0.830. The summed E-state index contributed by atoms with van der Waals surface area (Å²) in [6.07, 6.45) is 11.7. The van der Waals surface area contributed by atoms with Crippen molar-refractivity contribution in [1.29, 1.82) is 0 Å². The van der Waals surface area contributed by atoms with Crippen molar-refractivity contribution in [3.8, 4) is 0 Å². The fraction of sp³-hybridized carbons (Fsp3) is 1.00. The SMILES string of the molecule is CCNC1CCC(SC2CCCCC2)C1. The summed E-state index contributed by atoms with van der Waals surface area (Å²) in [5.41, 5.74) is 0. The van der Waals surface area contributed by atoms with Crippen LogP contribution in [0.15, 0.2) is 0 Å². The molecule has 2 unspecified atom stereocenters. The van der Waals surface area contributed by atoms with Gasteiger partial charge in [0.05, 0.1) is 0 Å². The van der Waals surface area contributed by atoms with Crippen molar-refractivity contribution < 1.29 is 0 Å². The topological polar surface area (TPSA) is 12.0 Å². The van der Waals surface area contributed by atoms with E-state index in [1.165, 1.54) is 51.4 Å². The zero-order valence-electron chi connectivity index (χ0n) is 10.0. The van der Waals surface area contributed by atoms with E-state index in [0.717, 1.165) is 23.1 Å². The summed E-state index contributed by atoms with van der Waals surface area (Å²) in [6.45, 7) is 3.37. The lowest BCUT2D eigenvalue weighted by atomic mass is 10.0. The Morgan fingerprint density at radius 3 is 2.53 bits per heavy atom. The molecule has 0 heterocycles. The molecule has 0 saturated heterocycles. The van der Waals surface area contributed by atoms with Crippen LogP contribution in [0.25, 0.3) is 0 Å². The van der Waals surface area contributed by atoms with Crippen LogP contribution in [-0.2, 0) is 0 Å². The van der Waals surface area contributed by atoms with Crippen molar-refractivity contribution in [2.45, 2.75) is 74.8 Å². The van der Waals surface area contributed by atoms with Crippen molar-refractivity contribution in [3.63, 3.8) is 0 Å². The molecule has 0 aromatic heterocycles. The molecular weight excluding hydrogens is 202 g/mol. The quantitative estimate of drug-likeness (QED) is 0.788. The Labute approximate surface area is 98.8 Å². The Balaban J connectivity index is 1.67. The molecule has 2 atom stereocenters. The summed E-state index contributed by atoms with van der Waals surface area (Å²) in [4.78, 5) is 0. The maximum Gasteiger partial charge on any atom is 0.00778 e. The van der Waals surface area contributed by atoms with E-state index in [0.29, 0.717) is 0 Å². The summed E-state index contributed by atoms with van der Waals surface area (Å²) in [5.74, 6) is 0. The summed E-state index contributed by atoms with van der Waals surface area (Å²) < 4.78 is 0. The highest BCUT2D eigenvalue weighted by atomic mass is 32.2. The predicted octanol–water partition coefficient (Wildman–Crippen LogP) is 3.58. The highest BCUT2D eigenvalue weighted by molar-refractivity contribution is 8.00. The van der Waals surface area contributed by atoms with Gasteiger partial charge in [0, 0.05) is 16.5 Å². The Morgan fingerprint density at radius 1 is 1.00 bits per heavy atom. The number of nitrogens with one attached hydrogen (secondary N) is 1. The van der Waals surface area contributed by atoms with Crippen LogP contribution in [-0.4, -0.2) is 23.1 Å². The van der Waals surface area contributed by atoms with Crippen LogP contribution in [0.2, 0.25) is 0 Å². The van der Waals surface area contributed by atoms with E-state index in [1.54, 1.807) is 0 Å². The highest BCUT2D eigenvalue weighted by Crippen LogP contribution is 2.37. The lowest BCUT2D eigenvalue weighted by Crippen LogP contribution is -2.26. The molecule has 2 heteroatoms. The normalized spacial score (nSPS) is 33.4. The monoisotopic (exact) mass is 227 g/mol. The van der Waals surface area contributed by atoms with Gasteiger partial charge in [-0.25, -0.2) is 0 Å². The third-order valence-electron chi connectivity index (χ3n) is 3.81. The van der Waals surface area contributed by atoms with Crippen LogP contribution in [0.4, 0.5) is 0 Å². The minimum Gasteiger partial charge on any atom is -0.314 e. The van der Waals surface area contributed by atoms with E-state index >= 15 is 0 Å². The standard InChI is InChI=1S/C13H25NS/c1-2-14-11-8-9-13(10-11)15-12-6-4-3-5-7-12/h11-14H,2-10H2,1H3. The average Bonchev–Trinajstić information content (AvgIpc) is 2.68. The van der Waals surface area contributed by atoms with Crippen molar-refractivity contribution >= 4 is 11.8 Å². The summed E-state index contributed by atoms with van der Waals surface area (Å²) in [5, 5.41) is 5.57. The van der Waals surface area contributed by atoms with E-state index in [4.69, 9.17) is 0 Å². The third kappa shape index (κ3) is 3.67. The van der Waals surface area contributed by atoms with Gasteiger partial charge >= 0.3 is 0 Å². The molecule has 1 N–H and O–H groups in total. The molecule has 0 aromatic rings. The predicted molar refractivity (Wildman–Crippen MR) is 69.6 cm³/mol. The van der Waals surface area contributed by atoms with E-state index < -0.39 is 0 Å². The van der Waals surface area contributed by atoms with Crippen LogP contribution < -0.4 is 5.32 Å². The molecule has 0 amide bonds.